The molecule has 0 saturated heterocycles. The van der Waals surface area contributed by atoms with Crippen molar-refractivity contribution in [3.8, 4) is 0 Å². The van der Waals surface area contributed by atoms with Crippen LogP contribution in [-0.2, 0) is 11.3 Å². The van der Waals surface area contributed by atoms with Crippen molar-refractivity contribution in [3.63, 3.8) is 0 Å². The number of nitrogens with one attached hydrogen (secondary N) is 1. The highest BCUT2D eigenvalue weighted by Gasteiger charge is 2.19. The SMILES string of the molecule is CCCNC(c1ccc(COC)o1)c1ccc(C)cc1Br. The third kappa shape index (κ3) is 4.19. The van der Waals surface area contributed by atoms with Gasteiger partial charge in [-0.25, -0.2) is 0 Å². The molecule has 0 aliphatic rings. The summed E-state index contributed by atoms with van der Waals surface area (Å²) in [5, 5.41) is 3.55. The minimum atomic E-state index is 0.0468. The fourth-order valence-electron chi connectivity index (χ4n) is 2.29. The Balaban J connectivity index is 2.32. The number of aryl methyl sites for hydroxylation is 1. The molecule has 114 valence electrons. The van der Waals surface area contributed by atoms with Crippen LogP contribution < -0.4 is 5.32 Å². The Kier molecular flexibility index (Phi) is 6.03. The first kappa shape index (κ1) is 16.3. The van der Waals surface area contributed by atoms with Crippen LogP contribution in [0.4, 0.5) is 0 Å². The Hall–Kier alpha value is -1.10. The van der Waals surface area contributed by atoms with Gasteiger partial charge in [0.05, 0.1) is 6.04 Å². The van der Waals surface area contributed by atoms with Gasteiger partial charge in [-0.1, -0.05) is 35.0 Å². The predicted molar refractivity (Wildman–Crippen MR) is 88.4 cm³/mol. The highest BCUT2D eigenvalue weighted by Crippen LogP contribution is 2.30. The van der Waals surface area contributed by atoms with Gasteiger partial charge < -0.3 is 14.5 Å². The van der Waals surface area contributed by atoms with Crippen LogP contribution >= 0.6 is 15.9 Å². The fourth-order valence-corrected chi connectivity index (χ4v) is 3.01. The van der Waals surface area contributed by atoms with Crippen LogP contribution in [0.1, 0.15) is 42.0 Å². The second-order valence-corrected chi connectivity index (χ2v) is 6.00. The predicted octanol–water partition coefficient (Wildman–Crippen LogP) is 4.59. The number of benzene rings is 1. The summed E-state index contributed by atoms with van der Waals surface area (Å²) in [6.45, 7) is 5.68. The molecule has 0 radical (unpaired) electrons. The molecule has 0 bridgehead atoms. The number of ether oxygens (including phenoxy) is 1. The second kappa shape index (κ2) is 7.78. The molecule has 2 rings (SSSR count). The quantitative estimate of drug-likeness (QED) is 0.792. The number of furan rings is 1. The number of methoxy groups -OCH3 is 1. The molecule has 0 saturated carbocycles. The minimum absolute atomic E-state index is 0.0468. The van der Waals surface area contributed by atoms with E-state index in [0.717, 1.165) is 29.0 Å². The molecule has 4 heteroatoms. The van der Waals surface area contributed by atoms with E-state index < -0.39 is 0 Å². The van der Waals surface area contributed by atoms with Crippen molar-refractivity contribution in [2.75, 3.05) is 13.7 Å². The van der Waals surface area contributed by atoms with Crippen molar-refractivity contribution in [1.29, 1.82) is 0 Å². The van der Waals surface area contributed by atoms with Gasteiger partial charge in [-0.3, -0.25) is 0 Å². The Bertz CT molecular complexity index is 580. The molecule has 0 fully saturated rings. The van der Waals surface area contributed by atoms with Gasteiger partial charge in [-0.15, -0.1) is 0 Å². The standard InChI is InChI=1S/C17H22BrNO2/c1-4-9-19-17(14-7-5-12(2)10-15(14)18)16-8-6-13(21-16)11-20-3/h5-8,10,17,19H,4,9,11H2,1-3H3. The number of hydrogen-bond donors (Lipinski definition) is 1. The van der Waals surface area contributed by atoms with Crippen molar-refractivity contribution < 1.29 is 9.15 Å². The summed E-state index contributed by atoms with van der Waals surface area (Å²) in [4.78, 5) is 0. The first-order valence-corrected chi connectivity index (χ1v) is 8.02. The summed E-state index contributed by atoms with van der Waals surface area (Å²) in [5.41, 5.74) is 2.42. The van der Waals surface area contributed by atoms with E-state index in [-0.39, 0.29) is 6.04 Å². The zero-order valence-electron chi connectivity index (χ0n) is 12.8. The maximum absolute atomic E-state index is 5.91. The summed E-state index contributed by atoms with van der Waals surface area (Å²) < 4.78 is 12.1. The molecule has 2 aromatic rings. The monoisotopic (exact) mass is 351 g/mol. The van der Waals surface area contributed by atoms with E-state index in [2.05, 4.69) is 53.3 Å². The lowest BCUT2D eigenvalue weighted by Crippen LogP contribution is -2.23. The van der Waals surface area contributed by atoms with E-state index >= 15 is 0 Å². The Morgan fingerprint density at radius 3 is 2.76 bits per heavy atom. The van der Waals surface area contributed by atoms with E-state index in [1.54, 1.807) is 7.11 Å². The van der Waals surface area contributed by atoms with E-state index in [9.17, 15) is 0 Å². The lowest BCUT2D eigenvalue weighted by molar-refractivity contribution is 0.162. The van der Waals surface area contributed by atoms with Gasteiger partial charge in [-0.2, -0.15) is 0 Å². The van der Waals surface area contributed by atoms with Crippen LogP contribution in [-0.4, -0.2) is 13.7 Å². The third-order valence-electron chi connectivity index (χ3n) is 3.32. The molecule has 1 atom stereocenters. The van der Waals surface area contributed by atoms with Crippen LogP contribution in [0.5, 0.6) is 0 Å². The first-order chi connectivity index (χ1) is 10.2. The van der Waals surface area contributed by atoms with E-state index in [0.29, 0.717) is 6.61 Å². The van der Waals surface area contributed by atoms with Crippen LogP contribution in [0.2, 0.25) is 0 Å². The molecule has 1 unspecified atom stereocenters. The largest absolute Gasteiger partial charge is 0.462 e. The lowest BCUT2D eigenvalue weighted by atomic mass is 10.0. The smallest absolute Gasteiger partial charge is 0.129 e. The Labute approximate surface area is 134 Å². The molecular weight excluding hydrogens is 330 g/mol. The van der Waals surface area contributed by atoms with Crippen molar-refractivity contribution in [1.82, 2.24) is 5.32 Å². The Morgan fingerprint density at radius 2 is 2.10 bits per heavy atom. The molecule has 1 N–H and O–H groups in total. The van der Waals surface area contributed by atoms with Gasteiger partial charge in [0, 0.05) is 11.6 Å². The summed E-state index contributed by atoms with van der Waals surface area (Å²) in [6.07, 6.45) is 1.08. The van der Waals surface area contributed by atoms with Gasteiger partial charge in [-0.05, 0) is 49.2 Å². The molecular formula is C17H22BrNO2. The molecule has 0 amide bonds. The van der Waals surface area contributed by atoms with E-state index in [4.69, 9.17) is 9.15 Å². The third-order valence-corrected chi connectivity index (χ3v) is 4.01. The molecule has 3 nitrogen and oxygen atoms in total. The van der Waals surface area contributed by atoms with Gasteiger partial charge >= 0.3 is 0 Å². The maximum Gasteiger partial charge on any atom is 0.129 e. The summed E-state index contributed by atoms with van der Waals surface area (Å²) in [5.74, 6) is 1.76. The van der Waals surface area contributed by atoms with Gasteiger partial charge in [0.25, 0.3) is 0 Å². The Morgan fingerprint density at radius 1 is 1.29 bits per heavy atom. The molecule has 1 aromatic carbocycles. The van der Waals surface area contributed by atoms with Crippen molar-refractivity contribution in [2.24, 2.45) is 0 Å². The fraction of sp³-hybridized carbons (Fsp3) is 0.412. The van der Waals surface area contributed by atoms with E-state index in [1.165, 1.54) is 11.1 Å². The highest BCUT2D eigenvalue weighted by molar-refractivity contribution is 9.10. The molecule has 1 aromatic heterocycles. The number of halogens is 1. The maximum atomic E-state index is 5.91. The highest BCUT2D eigenvalue weighted by atomic mass is 79.9. The molecule has 0 aliphatic heterocycles. The first-order valence-electron chi connectivity index (χ1n) is 7.22. The van der Waals surface area contributed by atoms with Crippen molar-refractivity contribution in [2.45, 2.75) is 32.9 Å². The van der Waals surface area contributed by atoms with Gasteiger partial charge in [0.1, 0.15) is 18.1 Å². The van der Waals surface area contributed by atoms with E-state index in [1.807, 2.05) is 12.1 Å². The minimum Gasteiger partial charge on any atom is -0.462 e. The van der Waals surface area contributed by atoms with Crippen molar-refractivity contribution in [3.05, 3.63) is 57.5 Å². The number of rotatable bonds is 7. The van der Waals surface area contributed by atoms with Crippen LogP contribution in [0.25, 0.3) is 0 Å². The molecule has 1 heterocycles. The van der Waals surface area contributed by atoms with Crippen molar-refractivity contribution >= 4 is 15.9 Å². The van der Waals surface area contributed by atoms with Crippen LogP contribution in [0.15, 0.2) is 39.2 Å². The molecule has 21 heavy (non-hydrogen) atoms. The zero-order chi connectivity index (χ0) is 15.2. The second-order valence-electron chi connectivity index (χ2n) is 5.15. The molecule has 0 spiro atoms. The summed E-state index contributed by atoms with van der Waals surface area (Å²) in [7, 11) is 1.67. The summed E-state index contributed by atoms with van der Waals surface area (Å²) >= 11 is 3.67. The van der Waals surface area contributed by atoms with Crippen LogP contribution in [0, 0.1) is 6.92 Å². The van der Waals surface area contributed by atoms with Crippen LogP contribution in [0.3, 0.4) is 0 Å². The topological polar surface area (TPSA) is 34.4 Å². The average Bonchev–Trinajstić information content (AvgIpc) is 2.90. The van der Waals surface area contributed by atoms with Gasteiger partial charge in [0.15, 0.2) is 0 Å². The summed E-state index contributed by atoms with van der Waals surface area (Å²) in [6, 6.07) is 10.4. The zero-order valence-corrected chi connectivity index (χ0v) is 14.4. The van der Waals surface area contributed by atoms with Gasteiger partial charge in [0.2, 0.25) is 0 Å². The average molecular weight is 352 g/mol. The molecule has 0 aliphatic carbocycles. The normalized spacial score (nSPS) is 12.6. The lowest BCUT2D eigenvalue weighted by Gasteiger charge is -2.18. The number of hydrogen-bond acceptors (Lipinski definition) is 3.